The van der Waals surface area contributed by atoms with Gasteiger partial charge in [-0.05, 0) is 60.9 Å². The number of hydrogen-bond donors (Lipinski definition) is 3. The highest BCUT2D eigenvalue weighted by atomic mass is 16.5. The molecule has 0 aliphatic rings. The predicted molar refractivity (Wildman–Crippen MR) is 139 cm³/mol. The molecule has 0 aliphatic carbocycles. The quantitative estimate of drug-likeness (QED) is 0.322. The van der Waals surface area contributed by atoms with Gasteiger partial charge < -0.3 is 20.3 Å². The van der Waals surface area contributed by atoms with E-state index in [1.165, 1.54) is 25.3 Å². The van der Waals surface area contributed by atoms with Crippen molar-refractivity contribution < 1.29 is 29.3 Å². The monoisotopic (exact) mass is 498 g/mol. The molecule has 0 fully saturated rings. The molecular weight excluding hydrogens is 472 g/mol. The lowest BCUT2D eigenvalue weighted by Crippen LogP contribution is -2.43. The molecule has 3 N–H and O–H groups in total. The van der Waals surface area contributed by atoms with Crippen LogP contribution in [0.5, 0.6) is 5.75 Å². The normalized spacial score (nSPS) is 11.6. The van der Waals surface area contributed by atoms with Gasteiger partial charge in [-0.25, -0.2) is 14.6 Å². The van der Waals surface area contributed by atoms with Crippen LogP contribution in [0.4, 0.5) is 0 Å². The first-order valence-corrected chi connectivity index (χ1v) is 11.6. The maximum Gasteiger partial charge on any atom is 0.336 e. The number of ether oxygens (including phenoxy) is 1. The first kappa shape index (κ1) is 25.4. The van der Waals surface area contributed by atoms with Crippen LogP contribution in [0.2, 0.25) is 0 Å². The van der Waals surface area contributed by atoms with Crippen molar-refractivity contribution >= 4 is 28.7 Å². The molecule has 1 amide bonds. The van der Waals surface area contributed by atoms with Gasteiger partial charge in [0.2, 0.25) is 0 Å². The molecule has 8 nitrogen and oxygen atoms in total. The van der Waals surface area contributed by atoms with E-state index in [1.54, 1.807) is 24.3 Å². The van der Waals surface area contributed by atoms with Gasteiger partial charge in [-0.1, -0.05) is 47.5 Å². The second kappa shape index (κ2) is 10.5. The van der Waals surface area contributed by atoms with Crippen LogP contribution in [-0.2, 0) is 16.0 Å². The standard InChI is InChI=1S/C29H26N2O6/c1-16-10-17(2)12-20(11-16)19-6-9-24-22(14-19)23(28(34)35)15-25(30-24)27(33)31-26(29(36)37-3)13-18-4-7-21(32)8-5-18/h4-12,14-15,26,32H,13H2,1-3H3,(H,31,33)(H,34,35)/t26-/m0/s1. The number of pyridine rings is 1. The largest absolute Gasteiger partial charge is 0.508 e. The third-order valence-corrected chi connectivity index (χ3v) is 5.99. The number of nitrogens with zero attached hydrogens (tertiary/aromatic N) is 1. The van der Waals surface area contributed by atoms with E-state index in [0.29, 0.717) is 16.5 Å². The number of nitrogens with one attached hydrogen (secondary N) is 1. The van der Waals surface area contributed by atoms with Crippen molar-refractivity contribution in [3.63, 3.8) is 0 Å². The Balaban J connectivity index is 1.68. The molecule has 0 bridgehead atoms. The number of aromatic carboxylic acids is 1. The molecule has 0 saturated carbocycles. The summed E-state index contributed by atoms with van der Waals surface area (Å²) in [5, 5.41) is 22.4. The number of carbonyl (C=O) groups is 3. The van der Waals surface area contributed by atoms with Crippen molar-refractivity contribution in [1.29, 1.82) is 0 Å². The second-order valence-electron chi connectivity index (χ2n) is 8.89. The molecule has 0 radical (unpaired) electrons. The van der Waals surface area contributed by atoms with Crippen molar-refractivity contribution in [2.24, 2.45) is 0 Å². The van der Waals surface area contributed by atoms with Crippen LogP contribution in [0.1, 0.15) is 37.5 Å². The predicted octanol–water partition coefficient (Wildman–Crippen LogP) is 4.44. The van der Waals surface area contributed by atoms with Gasteiger partial charge in [0.25, 0.3) is 5.91 Å². The molecular formula is C29H26N2O6. The third-order valence-electron chi connectivity index (χ3n) is 5.99. The molecule has 4 rings (SSSR count). The Morgan fingerprint density at radius 2 is 1.59 bits per heavy atom. The topological polar surface area (TPSA) is 126 Å². The lowest BCUT2D eigenvalue weighted by Gasteiger charge is -2.17. The number of carbonyl (C=O) groups excluding carboxylic acids is 2. The molecule has 4 aromatic rings. The van der Waals surface area contributed by atoms with Crippen molar-refractivity contribution in [3.05, 3.63) is 94.7 Å². The number of carboxylic acid groups (broad SMARTS) is 1. The van der Waals surface area contributed by atoms with Crippen molar-refractivity contribution in [3.8, 4) is 16.9 Å². The Morgan fingerprint density at radius 1 is 0.919 bits per heavy atom. The van der Waals surface area contributed by atoms with Gasteiger partial charge in [0.05, 0.1) is 18.2 Å². The highest BCUT2D eigenvalue weighted by molar-refractivity contribution is 6.07. The number of phenolic OH excluding ortho intramolecular Hbond substituents is 1. The van der Waals surface area contributed by atoms with E-state index in [4.69, 9.17) is 4.74 Å². The van der Waals surface area contributed by atoms with Crippen molar-refractivity contribution in [2.75, 3.05) is 7.11 Å². The minimum absolute atomic E-state index is 0.0738. The lowest BCUT2D eigenvalue weighted by atomic mass is 9.97. The Bertz CT molecular complexity index is 1490. The summed E-state index contributed by atoms with van der Waals surface area (Å²) in [5.41, 5.74) is 4.78. The van der Waals surface area contributed by atoms with E-state index < -0.39 is 23.9 Å². The Kier molecular flexibility index (Phi) is 7.20. The molecule has 0 unspecified atom stereocenters. The van der Waals surface area contributed by atoms with E-state index in [-0.39, 0.29) is 23.4 Å². The number of methoxy groups -OCH3 is 1. The Labute approximate surface area is 213 Å². The summed E-state index contributed by atoms with van der Waals surface area (Å²) in [5.74, 6) is -2.51. The number of rotatable bonds is 7. The molecule has 0 aliphatic heterocycles. The van der Waals surface area contributed by atoms with Crippen LogP contribution in [0.25, 0.3) is 22.0 Å². The van der Waals surface area contributed by atoms with Crippen LogP contribution in [0, 0.1) is 13.8 Å². The van der Waals surface area contributed by atoms with Gasteiger partial charge in [0, 0.05) is 11.8 Å². The van der Waals surface area contributed by atoms with Gasteiger partial charge in [-0.3, -0.25) is 4.79 Å². The SMILES string of the molecule is COC(=O)[C@H](Cc1ccc(O)cc1)NC(=O)c1cc(C(=O)O)c2cc(-c3cc(C)cc(C)c3)ccc2n1. The molecule has 37 heavy (non-hydrogen) atoms. The summed E-state index contributed by atoms with van der Waals surface area (Å²) >= 11 is 0. The maximum absolute atomic E-state index is 13.1. The summed E-state index contributed by atoms with van der Waals surface area (Å²) in [6.45, 7) is 3.99. The number of aryl methyl sites for hydroxylation is 2. The number of hydrogen-bond acceptors (Lipinski definition) is 6. The molecule has 0 saturated heterocycles. The number of phenols is 1. The maximum atomic E-state index is 13.1. The van der Waals surface area contributed by atoms with E-state index in [2.05, 4.69) is 16.4 Å². The minimum Gasteiger partial charge on any atom is -0.508 e. The summed E-state index contributed by atoms with van der Waals surface area (Å²) in [4.78, 5) is 42.0. The van der Waals surface area contributed by atoms with Crippen molar-refractivity contribution in [1.82, 2.24) is 10.3 Å². The molecule has 188 valence electrons. The first-order valence-electron chi connectivity index (χ1n) is 11.6. The number of carboxylic acids is 1. The van der Waals surface area contributed by atoms with E-state index in [9.17, 15) is 24.6 Å². The lowest BCUT2D eigenvalue weighted by molar-refractivity contribution is -0.142. The zero-order valence-corrected chi connectivity index (χ0v) is 20.6. The van der Waals surface area contributed by atoms with Crippen LogP contribution >= 0.6 is 0 Å². The summed E-state index contributed by atoms with van der Waals surface area (Å²) in [7, 11) is 1.21. The zero-order valence-electron chi connectivity index (χ0n) is 20.6. The number of aromatic hydroxyl groups is 1. The molecule has 3 aromatic carbocycles. The van der Waals surface area contributed by atoms with Gasteiger partial charge in [0.15, 0.2) is 0 Å². The van der Waals surface area contributed by atoms with E-state index in [0.717, 1.165) is 22.3 Å². The zero-order chi connectivity index (χ0) is 26.7. The Morgan fingerprint density at radius 3 is 2.22 bits per heavy atom. The highest BCUT2D eigenvalue weighted by Crippen LogP contribution is 2.28. The van der Waals surface area contributed by atoms with Gasteiger partial charge >= 0.3 is 11.9 Å². The van der Waals surface area contributed by atoms with Crippen LogP contribution < -0.4 is 5.32 Å². The first-order chi connectivity index (χ1) is 17.6. The fourth-order valence-corrected chi connectivity index (χ4v) is 4.28. The van der Waals surface area contributed by atoms with Crippen LogP contribution in [-0.4, -0.2) is 46.2 Å². The third kappa shape index (κ3) is 5.75. The molecule has 1 atom stereocenters. The van der Waals surface area contributed by atoms with Gasteiger partial charge in [-0.2, -0.15) is 0 Å². The van der Waals surface area contributed by atoms with Crippen LogP contribution in [0.3, 0.4) is 0 Å². The average Bonchev–Trinajstić information content (AvgIpc) is 2.87. The fourth-order valence-electron chi connectivity index (χ4n) is 4.28. The number of esters is 1. The molecule has 1 heterocycles. The number of benzene rings is 3. The van der Waals surface area contributed by atoms with Gasteiger partial charge in [0.1, 0.15) is 17.5 Å². The summed E-state index contributed by atoms with van der Waals surface area (Å²) in [6, 6.07) is 17.7. The number of amides is 1. The molecule has 8 heteroatoms. The number of aromatic nitrogens is 1. The Hall–Kier alpha value is -4.72. The minimum atomic E-state index is -1.20. The molecule has 0 spiro atoms. The summed E-state index contributed by atoms with van der Waals surface area (Å²) in [6.07, 6.45) is 0.108. The second-order valence-corrected chi connectivity index (χ2v) is 8.89. The van der Waals surface area contributed by atoms with E-state index in [1.807, 2.05) is 32.0 Å². The molecule has 1 aromatic heterocycles. The fraction of sp³-hybridized carbons (Fsp3) is 0.172. The smallest absolute Gasteiger partial charge is 0.336 e. The number of fused-ring (bicyclic) bond motifs is 1. The van der Waals surface area contributed by atoms with Gasteiger partial charge in [-0.15, -0.1) is 0 Å². The average molecular weight is 499 g/mol. The van der Waals surface area contributed by atoms with Crippen molar-refractivity contribution in [2.45, 2.75) is 26.3 Å². The highest BCUT2D eigenvalue weighted by Gasteiger charge is 2.25. The van der Waals surface area contributed by atoms with E-state index >= 15 is 0 Å². The van der Waals surface area contributed by atoms with Crippen LogP contribution in [0.15, 0.2) is 66.7 Å². The summed E-state index contributed by atoms with van der Waals surface area (Å²) < 4.78 is 4.83.